The third kappa shape index (κ3) is 2.46. The van der Waals surface area contributed by atoms with Gasteiger partial charge in [0, 0.05) is 0 Å². The molecule has 2 atom stereocenters. The minimum absolute atomic E-state index is 0.313. The van der Waals surface area contributed by atoms with Gasteiger partial charge < -0.3 is 0 Å². The second-order valence-electron chi connectivity index (χ2n) is 6.97. The first kappa shape index (κ1) is 17.1. The zero-order valence-electron chi connectivity index (χ0n) is 15.4. The Kier molecular flexibility index (Phi) is 3.80. The first-order chi connectivity index (χ1) is 13.5. The Labute approximate surface area is 165 Å². The van der Waals surface area contributed by atoms with Crippen LogP contribution < -0.4 is 11.4 Å². The van der Waals surface area contributed by atoms with Gasteiger partial charge in [-0.25, -0.2) is 28.5 Å². The highest BCUT2D eigenvalue weighted by Crippen LogP contribution is 2.42. The van der Waals surface area contributed by atoms with E-state index in [4.69, 9.17) is 0 Å². The van der Waals surface area contributed by atoms with Crippen LogP contribution in [-0.4, -0.2) is 19.0 Å². The van der Waals surface area contributed by atoms with E-state index in [2.05, 4.69) is 4.99 Å². The van der Waals surface area contributed by atoms with Gasteiger partial charge in [0.2, 0.25) is 0 Å². The van der Waals surface area contributed by atoms with Crippen LogP contribution in [0.1, 0.15) is 29.5 Å². The molecular formula is C21H18N4O2S. The van der Waals surface area contributed by atoms with Crippen molar-refractivity contribution >= 4 is 16.8 Å². The Bertz CT molecular complexity index is 1250. The minimum atomic E-state index is -0.382. The summed E-state index contributed by atoms with van der Waals surface area (Å²) in [6, 6.07) is 16.7. The number of hydrogen-bond acceptors (Lipinski definition) is 4. The molecule has 0 amide bonds. The fourth-order valence-electron chi connectivity index (χ4n) is 3.75. The number of para-hydroxylation sites is 1. The van der Waals surface area contributed by atoms with E-state index >= 15 is 0 Å². The van der Waals surface area contributed by atoms with Gasteiger partial charge in [0.25, 0.3) is 0 Å². The van der Waals surface area contributed by atoms with Gasteiger partial charge in [0.1, 0.15) is 11.4 Å². The molecule has 0 fully saturated rings. The summed E-state index contributed by atoms with van der Waals surface area (Å²) in [4.78, 5) is 31.3. The zero-order chi connectivity index (χ0) is 19.4. The lowest BCUT2D eigenvalue weighted by Crippen LogP contribution is -2.35. The summed E-state index contributed by atoms with van der Waals surface area (Å²) in [6.07, 6.45) is 2.00. The molecule has 0 saturated heterocycles. The number of allylic oxidation sites excluding steroid dienone is 1. The first-order valence-corrected chi connectivity index (χ1v) is 9.94. The molecule has 1 aromatic heterocycles. The highest BCUT2D eigenvalue weighted by molar-refractivity contribution is 8.14. The molecule has 140 valence electrons. The van der Waals surface area contributed by atoms with Crippen LogP contribution in [0, 0.1) is 6.92 Å². The monoisotopic (exact) mass is 390 g/mol. The maximum absolute atomic E-state index is 13.4. The van der Waals surface area contributed by atoms with Crippen LogP contribution in [0.25, 0.3) is 5.69 Å². The second-order valence-corrected chi connectivity index (χ2v) is 8.25. The average molecular weight is 390 g/mol. The van der Waals surface area contributed by atoms with Crippen molar-refractivity contribution in [1.82, 2.24) is 13.9 Å². The van der Waals surface area contributed by atoms with Crippen molar-refractivity contribution in [1.29, 1.82) is 0 Å². The molecule has 0 spiro atoms. The summed E-state index contributed by atoms with van der Waals surface area (Å²) < 4.78 is 4.36. The lowest BCUT2D eigenvalue weighted by atomic mass is 10.0. The van der Waals surface area contributed by atoms with E-state index in [0.29, 0.717) is 5.69 Å². The molecule has 2 aliphatic heterocycles. The van der Waals surface area contributed by atoms with Crippen molar-refractivity contribution in [3.05, 3.63) is 98.5 Å². The molecule has 3 heterocycles. The molecule has 0 bridgehead atoms. The summed E-state index contributed by atoms with van der Waals surface area (Å²) in [5.74, 6) is 0. The molecule has 2 aromatic carbocycles. The Hall–Kier alpha value is -3.06. The van der Waals surface area contributed by atoms with Crippen molar-refractivity contribution in [3.63, 3.8) is 0 Å². The van der Waals surface area contributed by atoms with Crippen molar-refractivity contribution in [2.24, 2.45) is 4.99 Å². The standard InChI is InChI=1S/C21H18N4O2S/c1-13-8-10-15(11-9-13)18-12-17-19(28-14(2)22-17)25-21(27)23(20(26)24(18)25)16-6-4-3-5-7-16/h3-12,18-19H,1-2H3/t18-,19-/m0/s1. The Morgan fingerprint density at radius 2 is 1.57 bits per heavy atom. The van der Waals surface area contributed by atoms with Crippen LogP contribution in [0.3, 0.4) is 0 Å². The number of aliphatic imine (C=N–C) groups is 1. The molecule has 0 radical (unpaired) electrons. The average Bonchev–Trinajstić information content (AvgIpc) is 3.19. The molecule has 28 heavy (non-hydrogen) atoms. The van der Waals surface area contributed by atoms with Gasteiger partial charge in [-0.05, 0) is 37.6 Å². The Morgan fingerprint density at radius 1 is 0.893 bits per heavy atom. The smallest absolute Gasteiger partial charge is 0.248 e. The fraction of sp³-hybridized carbons (Fsp3) is 0.190. The molecule has 5 rings (SSSR count). The summed E-state index contributed by atoms with van der Waals surface area (Å²) >= 11 is 1.49. The number of aromatic nitrogens is 3. The Morgan fingerprint density at radius 3 is 2.29 bits per heavy atom. The van der Waals surface area contributed by atoms with Gasteiger partial charge in [-0.1, -0.05) is 59.8 Å². The van der Waals surface area contributed by atoms with Crippen molar-refractivity contribution < 1.29 is 0 Å². The summed E-state index contributed by atoms with van der Waals surface area (Å²) in [6.45, 7) is 3.95. The molecule has 2 aliphatic rings. The maximum atomic E-state index is 13.4. The van der Waals surface area contributed by atoms with Crippen LogP contribution >= 0.6 is 11.8 Å². The molecule has 6 nitrogen and oxygen atoms in total. The highest BCUT2D eigenvalue weighted by Gasteiger charge is 2.37. The first-order valence-electron chi connectivity index (χ1n) is 9.06. The number of thioether (sulfide) groups is 1. The van der Waals surface area contributed by atoms with Gasteiger partial charge in [-0.2, -0.15) is 0 Å². The van der Waals surface area contributed by atoms with Crippen LogP contribution in [-0.2, 0) is 0 Å². The van der Waals surface area contributed by atoms with Crippen molar-refractivity contribution in [3.8, 4) is 5.69 Å². The number of benzene rings is 2. The Balaban J connectivity index is 1.79. The molecule has 0 aliphatic carbocycles. The minimum Gasteiger partial charge on any atom is -0.248 e. The molecule has 3 aromatic rings. The van der Waals surface area contributed by atoms with Gasteiger partial charge in [-0.3, -0.25) is 0 Å². The molecule has 0 unspecified atom stereocenters. The predicted octanol–water partition coefficient (Wildman–Crippen LogP) is 3.26. The molecule has 7 heteroatoms. The summed E-state index contributed by atoms with van der Waals surface area (Å²) in [5, 5.41) is 0.575. The second kappa shape index (κ2) is 6.24. The summed E-state index contributed by atoms with van der Waals surface area (Å²) in [5.41, 5.74) is 2.78. The number of fused-ring (bicyclic) bond motifs is 3. The van der Waals surface area contributed by atoms with Crippen LogP contribution in [0.2, 0.25) is 0 Å². The van der Waals surface area contributed by atoms with E-state index in [0.717, 1.165) is 21.9 Å². The van der Waals surface area contributed by atoms with E-state index in [1.165, 1.54) is 16.3 Å². The van der Waals surface area contributed by atoms with E-state index < -0.39 is 0 Å². The largest absolute Gasteiger partial charge is 0.353 e. The zero-order valence-corrected chi connectivity index (χ0v) is 16.3. The van der Waals surface area contributed by atoms with Gasteiger partial charge >= 0.3 is 11.4 Å². The lowest BCUT2D eigenvalue weighted by Gasteiger charge is -2.26. The topological polar surface area (TPSA) is 61.3 Å². The predicted molar refractivity (Wildman–Crippen MR) is 111 cm³/mol. The third-order valence-electron chi connectivity index (χ3n) is 5.08. The third-order valence-corrected chi connectivity index (χ3v) is 6.17. The van der Waals surface area contributed by atoms with Crippen LogP contribution in [0.15, 0.2) is 81.0 Å². The SMILES string of the molecule is CC1=NC2=C[C@@H](c3ccc(C)cc3)n3c(=O)n(-c4ccccc4)c(=O)n3[C@H]2S1. The van der Waals surface area contributed by atoms with E-state index in [1.807, 2.05) is 62.4 Å². The van der Waals surface area contributed by atoms with Gasteiger partial charge in [0.05, 0.1) is 16.4 Å². The summed E-state index contributed by atoms with van der Waals surface area (Å²) in [7, 11) is 0. The van der Waals surface area contributed by atoms with E-state index in [1.54, 1.807) is 21.5 Å². The number of aryl methyl sites for hydroxylation is 1. The normalized spacial score (nSPS) is 20.4. The van der Waals surface area contributed by atoms with Crippen molar-refractivity contribution in [2.75, 3.05) is 0 Å². The lowest BCUT2D eigenvalue weighted by molar-refractivity contribution is 0.420. The quantitative estimate of drug-likeness (QED) is 0.675. The highest BCUT2D eigenvalue weighted by atomic mass is 32.2. The van der Waals surface area contributed by atoms with Gasteiger partial charge in [-0.15, -0.1) is 0 Å². The van der Waals surface area contributed by atoms with E-state index in [-0.39, 0.29) is 22.8 Å². The number of rotatable bonds is 2. The van der Waals surface area contributed by atoms with Crippen molar-refractivity contribution in [2.45, 2.75) is 25.3 Å². The number of nitrogens with zero attached hydrogens (tertiary/aromatic N) is 4. The fourth-order valence-corrected chi connectivity index (χ4v) is 4.77. The van der Waals surface area contributed by atoms with Crippen LogP contribution in [0.4, 0.5) is 0 Å². The molecule has 0 N–H and O–H groups in total. The van der Waals surface area contributed by atoms with E-state index in [9.17, 15) is 9.59 Å². The van der Waals surface area contributed by atoms with Crippen LogP contribution in [0.5, 0.6) is 0 Å². The van der Waals surface area contributed by atoms with Gasteiger partial charge in [0.15, 0.2) is 0 Å². The maximum Gasteiger partial charge on any atom is 0.353 e. The number of hydrogen-bond donors (Lipinski definition) is 0. The molecule has 0 saturated carbocycles. The molecular weight excluding hydrogens is 372 g/mol.